The van der Waals surface area contributed by atoms with Gasteiger partial charge in [-0.3, -0.25) is 4.79 Å². The molecule has 2 aromatic carbocycles. The highest BCUT2D eigenvalue weighted by Gasteiger charge is 2.37. The number of hydrogen-bond donors (Lipinski definition) is 0. The van der Waals surface area contributed by atoms with Gasteiger partial charge in [0.05, 0.1) is 20.6 Å². The van der Waals surface area contributed by atoms with Crippen molar-refractivity contribution < 1.29 is 14.3 Å². The van der Waals surface area contributed by atoms with Gasteiger partial charge in [-0.1, -0.05) is 36.8 Å². The van der Waals surface area contributed by atoms with Crippen molar-refractivity contribution in [3.05, 3.63) is 59.2 Å². The van der Waals surface area contributed by atoms with E-state index in [1.54, 1.807) is 14.2 Å². The predicted octanol–water partition coefficient (Wildman–Crippen LogP) is 4.37. The van der Waals surface area contributed by atoms with Gasteiger partial charge in [-0.15, -0.1) is 0 Å². The van der Waals surface area contributed by atoms with E-state index >= 15 is 0 Å². The Balaban J connectivity index is 1.28. The molecule has 33 heavy (non-hydrogen) atoms. The lowest BCUT2D eigenvalue weighted by Gasteiger charge is -2.45. The van der Waals surface area contributed by atoms with Gasteiger partial charge in [0.1, 0.15) is 0 Å². The van der Waals surface area contributed by atoms with Gasteiger partial charge >= 0.3 is 0 Å². The molecule has 0 radical (unpaired) electrons. The van der Waals surface area contributed by atoms with E-state index in [1.165, 1.54) is 36.8 Å². The van der Waals surface area contributed by atoms with Gasteiger partial charge in [0.25, 0.3) is 0 Å². The van der Waals surface area contributed by atoms with Gasteiger partial charge in [-0.25, -0.2) is 0 Å². The topological polar surface area (TPSA) is 42.0 Å². The number of rotatable bonds is 10. The fraction of sp³-hybridized carbons (Fsp3) is 0.536. The summed E-state index contributed by atoms with van der Waals surface area (Å²) in [4.78, 5) is 17.5. The van der Waals surface area contributed by atoms with Gasteiger partial charge < -0.3 is 19.3 Å². The lowest BCUT2D eigenvalue weighted by atomic mass is 9.65. The monoisotopic (exact) mass is 450 g/mol. The largest absolute Gasteiger partial charge is 0.493 e. The van der Waals surface area contributed by atoms with Gasteiger partial charge in [0.15, 0.2) is 11.5 Å². The number of methoxy groups -OCH3 is 2. The molecule has 1 heterocycles. The lowest BCUT2D eigenvalue weighted by Crippen LogP contribution is -2.43. The second kappa shape index (κ2) is 10.6. The smallest absolute Gasteiger partial charge is 0.227 e. The molecule has 1 amide bonds. The predicted molar refractivity (Wildman–Crippen MR) is 132 cm³/mol. The summed E-state index contributed by atoms with van der Waals surface area (Å²) >= 11 is 0. The fourth-order valence-corrected chi connectivity index (χ4v) is 5.53. The number of nitrogens with zero attached hydrogens (tertiary/aromatic N) is 2. The van der Waals surface area contributed by atoms with Crippen LogP contribution in [0.3, 0.4) is 0 Å². The summed E-state index contributed by atoms with van der Waals surface area (Å²) in [6.07, 6.45) is 7.47. The zero-order valence-corrected chi connectivity index (χ0v) is 20.4. The van der Waals surface area contributed by atoms with Gasteiger partial charge in [0, 0.05) is 19.6 Å². The number of amides is 1. The first-order chi connectivity index (χ1) is 16.0. The molecule has 1 aliphatic carbocycles. The van der Waals surface area contributed by atoms with Crippen molar-refractivity contribution in [2.45, 2.75) is 44.9 Å². The number of hydrogen-bond acceptors (Lipinski definition) is 4. The minimum atomic E-state index is 0.211. The lowest BCUT2D eigenvalue weighted by molar-refractivity contribution is -0.130. The maximum absolute atomic E-state index is 12.9. The van der Waals surface area contributed by atoms with E-state index in [9.17, 15) is 4.79 Å². The molecular weight excluding hydrogens is 412 g/mol. The first kappa shape index (κ1) is 23.6. The van der Waals surface area contributed by atoms with Crippen LogP contribution in [0.1, 0.15) is 42.4 Å². The van der Waals surface area contributed by atoms with Crippen LogP contribution in [-0.4, -0.2) is 63.2 Å². The summed E-state index contributed by atoms with van der Waals surface area (Å²) in [5, 5.41) is 0. The summed E-state index contributed by atoms with van der Waals surface area (Å²) in [5.74, 6) is 1.64. The Hall–Kier alpha value is -2.53. The first-order valence-electron chi connectivity index (χ1n) is 12.3. The molecule has 0 N–H and O–H groups in total. The molecule has 2 aliphatic rings. The van der Waals surface area contributed by atoms with E-state index in [2.05, 4.69) is 42.3 Å². The van der Waals surface area contributed by atoms with Gasteiger partial charge in [-0.05, 0) is 79.9 Å². The molecule has 2 aromatic rings. The molecule has 0 atom stereocenters. The molecule has 178 valence electrons. The summed E-state index contributed by atoms with van der Waals surface area (Å²) in [6.45, 7) is 3.75. The third kappa shape index (κ3) is 5.70. The van der Waals surface area contributed by atoms with Gasteiger partial charge in [0.2, 0.25) is 5.91 Å². The molecule has 5 heteroatoms. The average molecular weight is 451 g/mol. The Morgan fingerprint density at radius 1 is 1.03 bits per heavy atom. The third-order valence-electron chi connectivity index (χ3n) is 7.46. The van der Waals surface area contributed by atoms with Crippen molar-refractivity contribution in [2.75, 3.05) is 47.4 Å². The SMILES string of the molecule is COc1cc2c(cc1OC)CC(=O)N(CCCN(C)CC1(Cc3ccccc3)CCC1)CC2. The molecule has 0 unspecified atom stereocenters. The quantitative estimate of drug-likeness (QED) is 0.539. The van der Waals surface area contributed by atoms with Crippen LogP contribution in [0.25, 0.3) is 0 Å². The average Bonchev–Trinajstić information content (AvgIpc) is 2.95. The van der Waals surface area contributed by atoms with Crippen molar-refractivity contribution in [1.82, 2.24) is 9.80 Å². The Morgan fingerprint density at radius 3 is 2.36 bits per heavy atom. The first-order valence-corrected chi connectivity index (χ1v) is 12.3. The fourth-order valence-electron chi connectivity index (χ4n) is 5.53. The van der Waals surface area contributed by atoms with E-state index < -0.39 is 0 Å². The Bertz CT molecular complexity index is 940. The molecule has 5 nitrogen and oxygen atoms in total. The van der Waals surface area contributed by atoms with E-state index in [0.717, 1.165) is 50.3 Å². The summed E-state index contributed by atoms with van der Waals surface area (Å²) in [5.41, 5.74) is 4.13. The van der Waals surface area contributed by atoms with E-state index in [1.807, 2.05) is 17.0 Å². The van der Waals surface area contributed by atoms with E-state index in [4.69, 9.17) is 9.47 Å². The van der Waals surface area contributed by atoms with Crippen molar-refractivity contribution in [1.29, 1.82) is 0 Å². The normalized spacial score (nSPS) is 17.3. The number of carbonyl (C=O) groups excluding carboxylic acids is 1. The zero-order valence-electron chi connectivity index (χ0n) is 20.4. The maximum Gasteiger partial charge on any atom is 0.227 e. The Labute approximate surface area is 198 Å². The van der Waals surface area contributed by atoms with Crippen LogP contribution in [0, 0.1) is 5.41 Å². The molecule has 0 bridgehead atoms. The second-order valence-corrected chi connectivity index (χ2v) is 9.89. The Morgan fingerprint density at radius 2 is 1.73 bits per heavy atom. The van der Waals surface area contributed by atoms with Crippen LogP contribution in [0.15, 0.2) is 42.5 Å². The molecular formula is C28H38N2O3. The van der Waals surface area contributed by atoms with Crippen molar-refractivity contribution >= 4 is 5.91 Å². The molecule has 1 fully saturated rings. The van der Waals surface area contributed by atoms with E-state index in [-0.39, 0.29) is 5.91 Å². The summed E-state index contributed by atoms with van der Waals surface area (Å²) in [6, 6.07) is 14.9. The molecule has 0 spiro atoms. The van der Waals surface area contributed by atoms with Crippen LogP contribution in [0.5, 0.6) is 11.5 Å². The van der Waals surface area contributed by atoms with Crippen LogP contribution in [0.4, 0.5) is 0 Å². The maximum atomic E-state index is 12.9. The van der Waals surface area contributed by atoms with Crippen LogP contribution >= 0.6 is 0 Å². The van der Waals surface area contributed by atoms with Crippen LogP contribution < -0.4 is 9.47 Å². The van der Waals surface area contributed by atoms with Crippen LogP contribution in [0.2, 0.25) is 0 Å². The minimum absolute atomic E-state index is 0.211. The highest BCUT2D eigenvalue weighted by atomic mass is 16.5. The van der Waals surface area contributed by atoms with Gasteiger partial charge in [-0.2, -0.15) is 0 Å². The molecule has 1 saturated carbocycles. The summed E-state index contributed by atoms with van der Waals surface area (Å²) < 4.78 is 10.9. The van der Waals surface area contributed by atoms with E-state index in [0.29, 0.717) is 17.6 Å². The molecule has 0 saturated heterocycles. The van der Waals surface area contributed by atoms with Crippen molar-refractivity contribution in [2.24, 2.45) is 5.41 Å². The third-order valence-corrected chi connectivity index (χ3v) is 7.46. The van der Waals surface area contributed by atoms with Crippen molar-refractivity contribution in [3.8, 4) is 11.5 Å². The number of ether oxygens (including phenoxy) is 2. The Kier molecular flexibility index (Phi) is 7.59. The number of carbonyl (C=O) groups is 1. The molecule has 4 rings (SSSR count). The standard InChI is InChI=1S/C28H38N2O3/c1-29(21-28(12-7-13-28)20-22-9-5-4-6-10-22)14-8-15-30-16-11-23-17-25(32-2)26(33-3)18-24(23)19-27(30)31/h4-6,9-10,17-18H,7-8,11-16,19-21H2,1-3H3. The number of benzene rings is 2. The molecule has 0 aromatic heterocycles. The highest BCUT2D eigenvalue weighted by molar-refractivity contribution is 5.80. The molecule has 1 aliphatic heterocycles. The van der Waals surface area contributed by atoms with Crippen molar-refractivity contribution in [3.63, 3.8) is 0 Å². The summed E-state index contributed by atoms with van der Waals surface area (Å²) in [7, 11) is 5.53. The number of fused-ring (bicyclic) bond motifs is 1. The highest BCUT2D eigenvalue weighted by Crippen LogP contribution is 2.44. The van der Waals surface area contributed by atoms with Crippen LogP contribution in [-0.2, 0) is 24.1 Å². The second-order valence-electron chi connectivity index (χ2n) is 9.89. The zero-order chi connectivity index (χ0) is 23.3. The minimum Gasteiger partial charge on any atom is -0.493 e.